The first-order valence-electron chi connectivity index (χ1n) is 5.29. The lowest BCUT2D eigenvalue weighted by atomic mass is 10.1. The van der Waals surface area contributed by atoms with Gasteiger partial charge in [0.15, 0.2) is 0 Å². The van der Waals surface area contributed by atoms with E-state index in [-0.39, 0.29) is 0 Å². The van der Waals surface area contributed by atoms with Gasteiger partial charge in [0.2, 0.25) is 0 Å². The Labute approximate surface area is 104 Å². The predicted molar refractivity (Wildman–Crippen MR) is 70.7 cm³/mol. The van der Waals surface area contributed by atoms with Gasteiger partial charge in [-0.15, -0.1) is 0 Å². The van der Waals surface area contributed by atoms with Crippen LogP contribution in [0.5, 0.6) is 5.75 Å². The van der Waals surface area contributed by atoms with Crippen LogP contribution in [-0.4, -0.2) is 6.61 Å². The van der Waals surface area contributed by atoms with Gasteiger partial charge in [0.25, 0.3) is 0 Å². The smallest absolute Gasteiger partial charge is 0.128 e. The monoisotopic (exact) mass is 276 g/mol. The topological polar surface area (TPSA) is 9.23 Å². The summed E-state index contributed by atoms with van der Waals surface area (Å²) in [5.41, 5.74) is 2.28. The van der Waals surface area contributed by atoms with Gasteiger partial charge in [-0.25, -0.2) is 0 Å². The first-order valence-corrected chi connectivity index (χ1v) is 6.09. The van der Waals surface area contributed by atoms with E-state index < -0.39 is 0 Å². The number of ether oxygens (including phenoxy) is 1. The lowest BCUT2D eigenvalue weighted by Crippen LogP contribution is -1.94. The molecule has 2 aromatic carbocycles. The Hall–Kier alpha value is -1.28. The second-order valence-electron chi connectivity index (χ2n) is 3.41. The Bertz CT molecular complexity index is 465. The molecule has 0 fully saturated rings. The molecule has 0 aromatic heterocycles. The average Bonchev–Trinajstić information content (AvgIpc) is 2.31. The van der Waals surface area contributed by atoms with Gasteiger partial charge in [-0.3, -0.25) is 0 Å². The van der Waals surface area contributed by atoms with Crippen LogP contribution < -0.4 is 4.74 Å². The normalized spacial score (nSPS) is 10.1. The van der Waals surface area contributed by atoms with E-state index in [1.807, 2.05) is 43.3 Å². The molecule has 0 unspecified atom stereocenters. The van der Waals surface area contributed by atoms with Crippen LogP contribution in [0, 0.1) is 0 Å². The van der Waals surface area contributed by atoms with Gasteiger partial charge in [-0.05, 0) is 24.6 Å². The van der Waals surface area contributed by atoms with Crippen LogP contribution >= 0.6 is 15.9 Å². The highest BCUT2D eigenvalue weighted by Gasteiger charge is 2.09. The molecule has 0 spiro atoms. The Kier molecular flexibility index (Phi) is 3.62. The van der Waals surface area contributed by atoms with Gasteiger partial charge in [0, 0.05) is 10.0 Å². The van der Waals surface area contributed by atoms with Crippen molar-refractivity contribution < 1.29 is 4.74 Å². The maximum absolute atomic E-state index is 5.64. The largest absolute Gasteiger partial charge is 0.493 e. The fraction of sp³-hybridized carbons (Fsp3) is 0.143. The Morgan fingerprint density at radius 3 is 2.44 bits per heavy atom. The van der Waals surface area contributed by atoms with Gasteiger partial charge < -0.3 is 4.74 Å². The van der Waals surface area contributed by atoms with E-state index in [9.17, 15) is 0 Å². The molecular formula is C14H13BrO. The van der Waals surface area contributed by atoms with Crippen LogP contribution in [-0.2, 0) is 0 Å². The summed E-state index contributed by atoms with van der Waals surface area (Å²) >= 11 is 3.57. The third kappa shape index (κ3) is 2.27. The highest BCUT2D eigenvalue weighted by atomic mass is 79.9. The van der Waals surface area contributed by atoms with E-state index in [4.69, 9.17) is 4.74 Å². The lowest BCUT2D eigenvalue weighted by Gasteiger charge is -2.11. The van der Waals surface area contributed by atoms with Crippen molar-refractivity contribution in [3.63, 3.8) is 0 Å². The van der Waals surface area contributed by atoms with Gasteiger partial charge in [0.1, 0.15) is 5.75 Å². The van der Waals surface area contributed by atoms with Crippen molar-refractivity contribution in [2.75, 3.05) is 6.61 Å². The van der Waals surface area contributed by atoms with Gasteiger partial charge in [-0.1, -0.05) is 52.3 Å². The van der Waals surface area contributed by atoms with E-state index >= 15 is 0 Å². The van der Waals surface area contributed by atoms with Crippen LogP contribution in [0.25, 0.3) is 11.1 Å². The van der Waals surface area contributed by atoms with E-state index in [1.54, 1.807) is 0 Å². The molecule has 2 aromatic rings. The number of benzene rings is 2. The fourth-order valence-corrected chi connectivity index (χ4v) is 2.24. The van der Waals surface area contributed by atoms with Crippen molar-refractivity contribution in [1.82, 2.24) is 0 Å². The molecule has 2 rings (SSSR count). The standard InChI is InChI=1S/C14H13BrO/c1-2-16-13-10-6-9-12(15)14(13)11-7-4-3-5-8-11/h3-10H,2H2,1H3. The Balaban J connectivity index is 2.54. The molecule has 0 aliphatic heterocycles. The van der Waals surface area contributed by atoms with Crippen LogP contribution in [0.4, 0.5) is 0 Å². The van der Waals surface area contributed by atoms with Crippen molar-refractivity contribution in [2.45, 2.75) is 6.92 Å². The van der Waals surface area contributed by atoms with Gasteiger partial charge in [0.05, 0.1) is 6.61 Å². The molecule has 1 nitrogen and oxygen atoms in total. The molecule has 2 heteroatoms. The zero-order valence-electron chi connectivity index (χ0n) is 9.11. The summed E-state index contributed by atoms with van der Waals surface area (Å²) in [5.74, 6) is 0.920. The Morgan fingerprint density at radius 2 is 1.75 bits per heavy atom. The molecule has 0 N–H and O–H groups in total. The SMILES string of the molecule is CCOc1cccc(Br)c1-c1ccccc1. The molecule has 0 heterocycles. The molecule has 0 bridgehead atoms. The molecule has 0 aliphatic rings. The van der Waals surface area contributed by atoms with Crippen LogP contribution in [0.2, 0.25) is 0 Å². The maximum atomic E-state index is 5.64. The van der Waals surface area contributed by atoms with Crippen molar-refractivity contribution >= 4 is 15.9 Å². The highest BCUT2D eigenvalue weighted by molar-refractivity contribution is 9.10. The summed E-state index contributed by atoms with van der Waals surface area (Å²) in [4.78, 5) is 0. The molecular weight excluding hydrogens is 264 g/mol. The van der Waals surface area contributed by atoms with E-state index in [0.717, 1.165) is 15.8 Å². The van der Waals surface area contributed by atoms with E-state index in [2.05, 4.69) is 28.1 Å². The van der Waals surface area contributed by atoms with Crippen molar-refractivity contribution in [3.05, 3.63) is 53.0 Å². The van der Waals surface area contributed by atoms with Gasteiger partial charge in [-0.2, -0.15) is 0 Å². The highest BCUT2D eigenvalue weighted by Crippen LogP contribution is 2.36. The minimum atomic E-state index is 0.677. The minimum Gasteiger partial charge on any atom is -0.493 e. The second kappa shape index (κ2) is 5.17. The minimum absolute atomic E-state index is 0.677. The number of halogens is 1. The molecule has 0 saturated carbocycles. The molecule has 82 valence electrons. The molecule has 0 radical (unpaired) electrons. The molecule has 0 amide bonds. The summed E-state index contributed by atoms with van der Waals surface area (Å²) in [7, 11) is 0. The first kappa shape index (κ1) is 11.2. The Morgan fingerprint density at radius 1 is 1.00 bits per heavy atom. The first-order chi connectivity index (χ1) is 7.83. The zero-order chi connectivity index (χ0) is 11.4. The van der Waals surface area contributed by atoms with Crippen molar-refractivity contribution in [1.29, 1.82) is 0 Å². The summed E-state index contributed by atoms with van der Waals surface area (Å²) in [6, 6.07) is 16.3. The summed E-state index contributed by atoms with van der Waals surface area (Å²) in [5, 5.41) is 0. The number of hydrogen-bond donors (Lipinski definition) is 0. The number of rotatable bonds is 3. The molecule has 16 heavy (non-hydrogen) atoms. The maximum Gasteiger partial charge on any atom is 0.128 e. The zero-order valence-corrected chi connectivity index (χ0v) is 10.7. The second-order valence-corrected chi connectivity index (χ2v) is 4.27. The fourth-order valence-electron chi connectivity index (χ4n) is 1.67. The molecule has 0 aliphatic carbocycles. The average molecular weight is 277 g/mol. The summed E-state index contributed by atoms with van der Waals surface area (Å²) in [6.45, 7) is 2.67. The third-order valence-corrected chi connectivity index (χ3v) is 3.00. The summed E-state index contributed by atoms with van der Waals surface area (Å²) in [6.07, 6.45) is 0. The predicted octanol–water partition coefficient (Wildman–Crippen LogP) is 4.51. The van der Waals surface area contributed by atoms with Crippen LogP contribution in [0.1, 0.15) is 6.92 Å². The summed E-state index contributed by atoms with van der Waals surface area (Å²) < 4.78 is 6.70. The van der Waals surface area contributed by atoms with E-state index in [1.165, 1.54) is 5.56 Å². The van der Waals surface area contributed by atoms with Gasteiger partial charge >= 0.3 is 0 Å². The molecule has 0 atom stereocenters. The third-order valence-electron chi connectivity index (χ3n) is 2.34. The number of hydrogen-bond acceptors (Lipinski definition) is 1. The van der Waals surface area contributed by atoms with E-state index in [0.29, 0.717) is 6.61 Å². The van der Waals surface area contributed by atoms with Crippen LogP contribution in [0.15, 0.2) is 53.0 Å². The quantitative estimate of drug-likeness (QED) is 0.801. The van der Waals surface area contributed by atoms with Crippen LogP contribution in [0.3, 0.4) is 0 Å². The molecule has 0 saturated heterocycles. The lowest BCUT2D eigenvalue weighted by molar-refractivity contribution is 0.341. The van der Waals surface area contributed by atoms with Crippen molar-refractivity contribution in [2.24, 2.45) is 0 Å². The van der Waals surface area contributed by atoms with Crippen molar-refractivity contribution in [3.8, 4) is 16.9 Å².